The van der Waals surface area contributed by atoms with E-state index in [9.17, 15) is 4.79 Å². The molecule has 128 valence electrons. The zero-order valence-electron chi connectivity index (χ0n) is 13.9. The Bertz CT molecular complexity index is 657. The van der Waals surface area contributed by atoms with Gasteiger partial charge in [-0.15, -0.1) is 0 Å². The fraction of sp³-hybridized carbons (Fsp3) is 0.444. The van der Waals surface area contributed by atoms with Crippen LogP contribution >= 0.6 is 0 Å². The van der Waals surface area contributed by atoms with Crippen molar-refractivity contribution >= 4 is 6.03 Å². The number of ether oxygens (including phenoxy) is 1. The second-order valence-electron chi connectivity index (χ2n) is 5.97. The summed E-state index contributed by atoms with van der Waals surface area (Å²) in [6, 6.07) is 5.73. The summed E-state index contributed by atoms with van der Waals surface area (Å²) in [5.41, 5.74) is 2.10. The van der Waals surface area contributed by atoms with Crippen molar-refractivity contribution in [1.82, 2.24) is 15.2 Å². The molecule has 0 bridgehead atoms. The van der Waals surface area contributed by atoms with Crippen LogP contribution in [0, 0.1) is 0 Å². The van der Waals surface area contributed by atoms with E-state index in [0.29, 0.717) is 19.7 Å². The van der Waals surface area contributed by atoms with Crippen molar-refractivity contribution < 1.29 is 13.9 Å². The van der Waals surface area contributed by atoms with Gasteiger partial charge in [-0.2, -0.15) is 0 Å². The zero-order valence-corrected chi connectivity index (χ0v) is 13.9. The van der Waals surface area contributed by atoms with Crippen LogP contribution in [0.15, 0.2) is 41.3 Å². The molecule has 6 nitrogen and oxygen atoms in total. The van der Waals surface area contributed by atoms with Crippen molar-refractivity contribution in [1.29, 1.82) is 0 Å². The lowest BCUT2D eigenvalue weighted by Gasteiger charge is -2.28. The van der Waals surface area contributed by atoms with Gasteiger partial charge in [0.1, 0.15) is 5.76 Å². The Kier molecular flexibility index (Phi) is 5.48. The van der Waals surface area contributed by atoms with E-state index < -0.39 is 0 Å². The molecule has 0 spiro atoms. The molecule has 2 aromatic heterocycles. The lowest BCUT2D eigenvalue weighted by Crippen LogP contribution is -2.43. The smallest absolute Gasteiger partial charge is 0.318 e. The van der Waals surface area contributed by atoms with Crippen LogP contribution in [0.2, 0.25) is 0 Å². The van der Waals surface area contributed by atoms with Crippen molar-refractivity contribution in [3.63, 3.8) is 0 Å². The third kappa shape index (κ3) is 3.94. The number of hydrogen-bond donors (Lipinski definition) is 1. The SMILES string of the molecule is COCCN(Cc1cccnc1)C(=O)N[C@@H]1CCCc2occc21. The third-order valence-corrected chi connectivity index (χ3v) is 4.30. The van der Waals surface area contributed by atoms with Crippen molar-refractivity contribution in [3.05, 3.63) is 53.7 Å². The first-order valence-electron chi connectivity index (χ1n) is 8.27. The van der Waals surface area contributed by atoms with E-state index in [1.807, 2.05) is 18.2 Å². The molecule has 6 heteroatoms. The molecule has 0 fully saturated rings. The molecule has 0 aromatic carbocycles. The van der Waals surface area contributed by atoms with Gasteiger partial charge >= 0.3 is 6.03 Å². The van der Waals surface area contributed by atoms with Gasteiger partial charge in [-0.1, -0.05) is 6.07 Å². The highest BCUT2D eigenvalue weighted by Crippen LogP contribution is 2.30. The number of nitrogens with one attached hydrogen (secondary N) is 1. The summed E-state index contributed by atoms with van der Waals surface area (Å²) >= 11 is 0. The summed E-state index contributed by atoms with van der Waals surface area (Å²) in [6.07, 6.45) is 8.11. The number of pyridine rings is 1. The highest BCUT2D eigenvalue weighted by atomic mass is 16.5. The molecule has 3 rings (SSSR count). The van der Waals surface area contributed by atoms with Crippen LogP contribution in [0.25, 0.3) is 0 Å². The molecule has 0 unspecified atom stereocenters. The van der Waals surface area contributed by atoms with Gasteiger partial charge in [0, 0.05) is 44.6 Å². The predicted octanol–water partition coefficient (Wildman–Crippen LogP) is 2.91. The first-order valence-corrected chi connectivity index (χ1v) is 8.27. The molecular formula is C18H23N3O3. The van der Waals surface area contributed by atoms with E-state index in [-0.39, 0.29) is 12.1 Å². The van der Waals surface area contributed by atoms with Crippen LogP contribution in [0.1, 0.15) is 35.8 Å². The van der Waals surface area contributed by atoms with Crippen molar-refractivity contribution in [2.45, 2.75) is 31.8 Å². The van der Waals surface area contributed by atoms with E-state index >= 15 is 0 Å². The number of nitrogens with zero attached hydrogens (tertiary/aromatic N) is 2. The summed E-state index contributed by atoms with van der Waals surface area (Å²) in [6.45, 7) is 1.53. The van der Waals surface area contributed by atoms with Crippen molar-refractivity contribution in [3.8, 4) is 0 Å². The summed E-state index contributed by atoms with van der Waals surface area (Å²) in [5, 5.41) is 3.14. The summed E-state index contributed by atoms with van der Waals surface area (Å²) < 4.78 is 10.6. The number of fused-ring (bicyclic) bond motifs is 1. The van der Waals surface area contributed by atoms with Gasteiger partial charge in [-0.05, 0) is 30.5 Å². The molecule has 0 saturated heterocycles. The van der Waals surface area contributed by atoms with Gasteiger partial charge in [-0.3, -0.25) is 4.98 Å². The third-order valence-electron chi connectivity index (χ3n) is 4.30. The summed E-state index contributed by atoms with van der Waals surface area (Å²) in [7, 11) is 1.64. The molecule has 0 radical (unpaired) electrons. The number of hydrogen-bond acceptors (Lipinski definition) is 4. The highest BCUT2D eigenvalue weighted by Gasteiger charge is 2.25. The Morgan fingerprint density at radius 3 is 3.21 bits per heavy atom. The van der Waals surface area contributed by atoms with E-state index in [1.54, 1.807) is 30.7 Å². The van der Waals surface area contributed by atoms with Gasteiger partial charge in [0.05, 0.1) is 18.9 Å². The van der Waals surface area contributed by atoms with Crippen molar-refractivity contribution in [2.75, 3.05) is 20.3 Å². The molecule has 2 heterocycles. The van der Waals surface area contributed by atoms with Crippen LogP contribution < -0.4 is 5.32 Å². The Morgan fingerprint density at radius 2 is 2.42 bits per heavy atom. The summed E-state index contributed by atoms with van der Waals surface area (Å²) in [5.74, 6) is 0.988. The minimum atomic E-state index is -0.0880. The maximum absolute atomic E-state index is 12.8. The Balaban J connectivity index is 1.67. The summed E-state index contributed by atoms with van der Waals surface area (Å²) in [4.78, 5) is 18.6. The maximum atomic E-state index is 12.8. The first kappa shape index (κ1) is 16.5. The van der Waals surface area contributed by atoms with Crippen LogP contribution in [0.5, 0.6) is 0 Å². The van der Waals surface area contributed by atoms with Gasteiger partial charge in [0.25, 0.3) is 0 Å². The van der Waals surface area contributed by atoms with Gasteiger partial charge < -0.3 is 19.4 Å². The van der Waals surface area contributed by atoms with Gasteiger partial charge in [-0.25, -0.2) is 4.79 Å². The Hall–Kier alpha value is -2.34. The number of carbonyl (C=O) groups excluding carboxylic acids is 1. The van der Waals surface area contributed by atoms with Gasteiger partial charge in [0.2, 0.25) is 0 Å². The van der Waals surface area contributed by atoms with Crippen LogP contribution in [0.3, 0.4) is 0 Å². The second-order valence-corrected chi connectivity index (χ2v) is 5.97. The van der Waals surface area contributed by atoms with Crippen molar-refractivity contribution in [2.24, 2.45) is 0 Å². The van der Waals surface area contributed by atoms with E-state index in [4.69, 9.17) is 9.15 Å². The minimum Gasteiger partial charge on any atom is -0.469 e. The average Bonchev–Trinajstić information content (AvgIpc) is 3.09. The number of aromatic nitrogens is 1. The fourth-order valence-electron chi connectivity index (χ4n) is 3.04. The van der Waals surface area contributed by atoms with E-state index in [1.165, 1.54) is 0 Å². The lowest BCUT2D eigenvalue weighted by atomic mass is 9.93. The molecule has 2 aromatic rings. The number of aryl methyl sites for hydroxylation is 1. The number of methoxy groups -OCH3 is 1. The molecule has 0 saturated carbocycles. The Morgan fingerprint density at radius 1 is 1.50 bits per heavy atom. The number of amides is 2. The molecule has 0 aliphatic heterocycles. The minimum absolute atomic E-state index is 0.0129. The quantitative estimate of drug-likeness (QED) is 0.885. The zero-order chi connectivity index (χ0) is 16.8. The number of urea groups is 1. The van der Waals surface area contributed by atoms with Crippen LogP contribution in [-0.4, -0.2) is 36.2 Å². The average molecular weight is 329 g/mol. The van der Waals surface area contributed by atoms with E-state index in [0.717, 1.165) is 36.1 Å². The lowest BCUT2D eigenvalue weighted by molar-refractivity contribution is 0.144. The topological polar surface area (TPSA) is 67.6 Å². The van der Waals surface area contributed by atoms with Crippen LogP contribution in [0.4, 0.5) is 4.79 Å². The predicted molar refractivity (Wildman–Crippen MR) is 89.4 cm³/mol. The monoisotopic (exact) mass is 329 g/mol. The number of rotatable bonds is 6. The van der Waals surface area contributed by atoms with Gasteiger partial charge in [0.15, 0.2) is 0 Å². The molecule has 2 amide bonds. The number of furan rings is 1. The van der Waals surface area contributed by atoms with Crippen LogP contribution in [-0.2, 0) is 17.7 Å². The fourth-order valence-corrected chi connectivity index (χ4v) is 3.04. The molecule has 24 heavy (non-hydrogen) atoms. The molecular weight excluding hydrogens is 306 g/mol. The standard InChI is InChI=1S/C18H23N3O3/c1-23-11-9-21(13-14-4-3-8-19-12-14)18(22)20-16-5-2-6-17-15(16)7-10-24-17/h3-4,7-8,10,12,16H,2,5-6,9,11,13H2,1H3,(H,20,22)/t16-/m1/s1. The molecule has 1 N–H and O–H groups in total. The molecule has 1 aliphatic rings. The Labute approximate surface area is 141 Å². The second kappa shape index (κ2) is 7.97. The first-order chi connectivity index (χ1) is 11.8. The maximum Gasteiger partial charge on any atom is 0.318 e. The van der Waals surface area contributed by atoms with E-state index in [2.05, 4.69) is 10.3 Å². The molecule has 1 atom stereocenters. The molecule has 1 aliphatic carbocycles. The largest absolute Gasteiger partial charge is 0.469 e. The highest BCUT2D eigenvalue weighted by molar-refractivity contribution is 5.74. The normalized spacial score (nSPS) is 16.5. The number of carbonyl (C=O) groups is 1.